The zero-order valence-electron chi connectivity index (χ0n) is 17.9. The van der Waals surface area contributed by atoms with Crippen molar-refractivity contribution >= 4 is 17.9 Å². The lowest BCUT2D eigenvalue weighted by Crippen LogP contribution is -2.03. The normalized spacial score (nSPS) is 11.1. The molecule has 0 spiro atoms. The monoisotopic (exact) mass is 408 g/mol. The van der Waals surface area contributed by atoms with Gasteiger partial charge >= 0.3 is 5.97 Å². The predicted octanol–water partition coefficient (Wildman–Crippen LogP) is 6.30. The molecular weight excluding hydrogens is 384 g/mol. The molecule has 0 N–H and O–H groups in total. The molecule has 0 atom stereocenters. The van der Waals surface area contributed by atoms with Gasteiger partial charge in [0.1, 0.15) is 0 Å². The smallest absolute Gasteiger partial charge is 0.337 e. The van der Waals surface area contributed by atoms with Crippen LogP contribution in [-0.4, -0.2) is 23.9 Å². The van der Waals surface area contributed by atoms with E-state index in [0.29, 0.717) is 5.56 Å². The highest BCUT2D eigenvalue weighted by atomic mass is 16.5. The van der Waals surface area contributed by atoms with Crippen LogP contribution in [0.3, 0.4) is 0 Å². The van der Waals surface area contributed by atoms with Gasteiger partial charge in [0.25, 0.3) is 0 Å². The molecule has 0 unspecified atom stereocenters. The van der Waals surface area contributed by atoms with Crippen LogP contribution in [-0.2, 0) is 4.74 Å². The van der Waals surface area contributed by atoms with Crippen molar-refractivity contribution in [3.63, 3.8) is 0 Å². The molecule has 4 rings (SSSR count). The zero-order chi connectivity index (χ0) is 21.8. The van der Waals surface area contributed by atoms with Crippen molar-refractivity contribution in [1.82, 2.24) is 4.57 Å². The van der Waals surface area contributed by atoms with E-state index in [4.69, 9.17) is 4.74 Å². The van der Waals surface area contributed by atoms with Crippen molar-refractivity contribution in [3.05, 3.63) is 107 Å². The van der Waals surface area contributed by atoms with Gasteiger partial charge in [0.2, 0.25) is 0 Å². The quantitative estimate of drug-likeness (QED) is 0.287. The van der Waals surface area contributed by atoms with Crippen LogP contribution in [0.25, 0.3) is 16.8 Å². The van der Waals surface area contributed by atoms with Crippen LogP contribution in [0.5, 0.6) is 0 Å². The Morgan fingerprint density at radius 1 is 0.871 bits per heavy atom. The zero-order valence-corrected chi connectivity index (χ0v) is 17.9. The average Bonchev–Trinajstić information content (AvgIpc) is 3.11. The van der Waals surface area contributed by atoms with E-state index in [-0.39, 0.29) is 5.97 Å². The number of nitrogens with zero attached hydrogens (tertiary/aromatic N) is 2. The first kappa shape index (κ1) is 20.4. The maximum Gasteiger partial charge on any atom is 0.337 e. The van der Waals surface area contributed by atoms with Gasteiger partial charge in [0, 0.05) is 28.9 Å². The molecular formula is C27H24N2O2. The second-order valence-corrected chi connectivity index (χ2v) is 7.37. The summed E-state index contributed by atoms with van der Waals surface area (Å²) >= 11 is 0. The summed E-state index contributed by atoms with van der Waals surface area (Å²) in [6.45, 7) is 4.13. The minimum absolute atomic E-state index is 0.335. The Kier molecular flexibility index (Phi) is 5.80. The minimum atomic E-state index is -0.335. The molecule has 0 aliphatic carbocycles. The van der Waals surface area contributed by atoms with Crippen LogP contribution < -0.4 is 0 Å². The molecule has 0 fully saturated rings. The molecule has 154 valence electrons. The Balaban J connectivity index is 1.56. The van der Waals surface area contributed by atoms with E-state index in [1.54, 1.807) is 12.1 Å². The van der Waals surface area contributed by atoms with Gasteiger partial charge in [-0.25, -0.2) is 4.79 Å². The molecule has 0 amide bonds. The number of benzene rings is 3. The third-order valence-corrected chi connectivity index (χ3v) is 5.34. The Morgan fingerprint density at radius 3 is 2.16 bits per heavy atom. The molecule has 1 aromatic heterocycles. The molecule has 0 aliphatic heterocycles. The molecule has 0 saturated heterocycles. The number of esters is 1. The topological polar surface area (TPSA) is 43.6 Å². The van der Waals surface area contributed by atoms with E-state index in [2.05, 4.69) is 53.7 Å². The highest BCUT2D eigenvalue weighted by molar-refractivity contribution is 5.89. The summed E-state index contributed by atoms with van der Waals surface area (Å²) in [5.74, 6) is -0.335. The van der Waals surface area contributed by atoms with Crippen molar-refractivity contribution in [2.45, 2.75) is 13.8 Å². The number of hydrogen-bond acceptors (Lipinski definition) is 3. The van der Waals surface area contributed by atoms with Crippen molar-refractivity contribution < 1.29 is 9.53 Å². The van der Waals surface area contributed by atoms with Crippen LogP contribution in [0.2, 0.25) is 0 Å². The first-order valence-corrected chi connectivity index (χ1v) is 10.1. The maximum atomic E-state index is 11.7. The maximum absolute atomic E-state index is 11.7. The first-order valence-electron chi connectivity index (χ1n) is 10.1. The Hall–Kier alpha value is -3.92. The summed E-state index contributed by atoms with van der Waals surface area (Å²) in [6.07, 6.45) is 1.90. The standard InChI is InChI=1S/C27H24N2O2/c1-19-17-24(20(2)29(19)26-15-11-23(12-16-26)27(30)31-3)18-28-25-13-9-22(10-14-25)21-7-5-4-6-8-21/h4-18H,1-3H3. The number of carbonyl (C=O) groups excluding carboxylic acids is 1. The van der Waals surface area contributed by atoms with E-state index in [0.717, 1.165) is 28.3 Å². The molecule has 31 heavy (non-hydrogen) atoms. The molecule has 1 heterocycles. The fourth-order valence-electron chi connectivity index (χ4n) is 3.69. The highest BCUT2D eigenvalue weighted by Crippen LogP contribution is 2.24. The fraction of sp³-hybridized carbons (Fsp3) is 0.111. The molecule has 0 aliphatic rings. The number of carbonyl (C=O) groups is 1. The van der Waals surface area contributed by atoms with E-state index in [1.807, 2.05) is 48.7 Å². The van der Waals surface area contributed by atoms with Gasteiger partial charge in [-0.05, 0) is 67.4 Å². The molecule has 0 radical (unpaired) electrons. The second-order valence-electron chi connectivity index (χ2n) is 7.37. The SMILES string of the molecule is COC(=O)c1ccc(-n2c(C)cc(C=Nc3ccc(-c4ccccc4)cc3)c2C)cc1. The molecule has 4 nitrogen and oxygen atoms in total. The van der Waals surface area contributed by atoms with Gasteiger partial charge < -0.3 is 9.30 Å². The van der Waals surface area contributed by atoms with Gasteiger partial charge in [-0.2, -0.15) is 0 Å². The lowest BCUT2D eigenvalue weighted by atomic mass is 10.1. The molecule has 4 heteroatoms. The third-order valence-electron chi connectivity index (χ3n) is 5.34. The van der Waals surface area contributed by atoms with Crippen LogP contribution in [0.1, 0.15) is 27.3 Å². The van der Waals surface area contributed by atoms with Gasteiger partial charge in [-0.3, -0.25) is 4.99 Å². The fourth-order valence-corrected chi connectivity index (χ4v) is 3.69. The number of aromatic nitrogens is 1. The lowest BCUT2D eigenvalue weighted by Gasteiger charge is -2.10. The van der Waals surface area contributed by atoms with Gasteiger partial charge in [0.05, 0.1) is 18.4 Å². The summed E-state index contributed by atoms with van der Waals surface area (Å²) in [5.41, 5.74) is 8.06. The molecule has 0 saturated carbocycles. The molecule has 3 aromatic carbocycles. The Bertz CT molecular complexity index is 1220. The number of aliphatic imine (C=N–C) groups is 1. The summed E-state index contributed by atoms with van der Waals surface area (Å²) in [7, 11) is 1.39. The Labute approximate surface area is 182 Å². The van der Waals surface area contributed by atoms with Crippen LogP contribution in [0.4, 0.5) is 5.69 Å². The second kappa shape index (κ2) is 8.84. The summed E-state index contributed by atoms with van der Waals surface area (Å²) < 4.78 is 6.93. The third kappa shape index (κ3) is 4.33. The number of ether oxygens (including phenoxy) is 1. The minimum Gasteiger partial charge on any atom is -0.465 e. The van der Waals surface area contributed by atoms with Gasteiger partial charge in [-0.15, -0.1) is 0 Å². The summed E-state index contributed by atoms with van der Waals surface area (Å²) in [4.78, 5) is 16.3. The largest absolute Gasteiger partial charge is 0.465 e. The first-order chi connectivity index (χ1) is 15.1. The number of methoxy groups -OCH3 is 1. The predicted molar refractivity (Wildman–Crippen MR) is 126 cm³/mol. The van der Waals surface area contributed by atoms with Crippen LogP contribution in [0.15, 0.2) is 89.9 Å². The van der Waals surface area contributed by atoms with E-state index >= 15 is 0 Å². The van der Waals surface area contributed by atoms with E-state index < -0.39 is 0 Å². The lowest BCUT2D eigenvalue weighted by molar-refractivity contribution is 0.0600. The summed E-state index contributed by atoms with van der Waals surface area (Å²) in [5, 5.41) is 0. The number of hydrogen-bond donors (Lipinski definition) is 0. The van der Waals surface area contributed by atoms with Gasteiger partial charge in [0.15, 0.2) is 0 Å². The van der Waals surface area contributed by atoms with Crippen molar-refractivity contribution in [2.75, 3.05) is 7.11 Å². The Morgan fingerprint density at radius 2 is 1.52 bits per heavy atom. The highest BCUT2D eigenvalue weighted by Gasteiger charge is 2.11. The van der Waals surface area contributed by atoms with Crippen molar-refractivity contribution in [1.29, 1.82) is 0 Å². The number of rotatable bonds is 5. The molecule has 0 bridgehead atoms. The van der Waals surface area contributed by atoms with E-state index in [1.165, 1.54) is 18.2 Å². The summed E-state index contributed by atoms with van der Waals surface area (Å²) in [6, 6.07) is 28.1. The molecule has 4 aromatic rings. The van der Waals surface area contributed by atoms with Crippen LogP contribution in [0, 0.1) is 13.8 Å². The van der Waals surface area contributed by atoms with Crippen molar-refractivity contribution in [2.24, 2.45) is 4.99 Å². The van der Waals surface area contributed by atoms with Crippen LogP contribution >= 0.6 is 0 Å². The number of aryl methyl sites for hydroxylation is 1. The van der Waals surface area contributed by atoms with Crippen molar-refractivity contribution in [3.8, 4) is 16.8 Å². The van der Waals surface area contributed by atoms with E-state index in [9.17, 15) is 4.79 Å². The average molecular weight is 409 g/mol. The van der Waals surface area contributed by atoms with Gasteiger partial charge in [-0.1, -0.05) is 42.5 Å².